The monoisotopic (exact) mass is 382 g/mol. The van der Waals surface area contributed by atoms with Crippen LogP contribution in [0.4, 0.5) is 5.69 Å². The van der Waals surface area contributed by atoms with Crippen LogP contribution in [0.1, 0.15) is 71.3 Å². The number of unbranched alkanes of at least 4 members (excludes halogenated alkanes) is 4. The summed E-state index contributed by atoms with van der Waals surface area (Å²) in [5.74, 6) is 0. The molecule has 1 unspecified atom stereocenters. The van der Waals surface area contributed by atoms with E-state index in [1.807, 2.05) is 24.3 Å². The Hall–Kier alpha value is -1.07. The zero-order valence-electron chi connectivity index (χ0n) is 17.1. The quantitative estimate of drug-likeness (QED) is 0.457. The van der Waals surface area contributed by atoms with Gasteiger partial charge in [-0.15, -0.1) is 0 Å². The molecule has 150 valence electrons. The zero-order chi connectivity index (χ0) is 19.4. The highest BCUT2D eigenvalue weighted by Gasteiger charge is 2.11. The summed E-state index contributed by atoms with van der Waals surface area (Å²) in [4.78, 5) is 2.60. The van der Waals surface area contributed by atoms with Crippen molar-refractivity contribution in [3.63, 3.8) is 0 Å². The van der Waals surface area contributed by atoms with Crippen LogP contribution >= 0.6 is 0 Å². The number of rotatable bonds is 14. The van der Waals surface area contributed by atoms with Crippen LogP contribution in [0.15, 0.2) is 24.3 Å². The van der Waals surface area contributed by atoms with Gasteiger partial charge in [-0.3, -0.25) is 4.72 Å². The molecule has 0 saturated carbocycles. The molecule has 0 fully saturated rings. The lowest BCUT2D eigenvalue weighted by Crippen LogP contribution is -2.33. The maximum atomic E-state index is 11.2. The molecule has 0 aliphatic rings. The van der Waals surface area contributed by atoms with Gasteiger partial charge in [-0.2, -0.15) is 0 Å². The van der Waals surface area contributed by atoms with Crippen LogP contribution in [0.25, 0.3) is 0 Å². The van der Waals surface area contributed by atoms with Crippen molar-refractivity contribution in [1.82, 2.24) is 4.90 Å². The number of hydrogen-bond acceptors (Lipinski definition) is 3. The van der Waals surface area contributed by atoms with E-state index >= 15 is 0 Å². The van der Waals surface area contributed by atoms with Crippen LogP contribution < -0.4 is 4.72 Å². The second kappa shape index (κ2) is 12.3. The van der Waals surface area contributed by atoms with E-state index in [1.54, 1.807) is 0 Å². The molecule has 1 aromatic carbocycles. The summed E-state index contributed by atoms with van der Waals surface area (Å²) in [7, 11) is -3.20. The molecule has 0 radical (unpaired) electrons. The summed E-state index contributed by atoms with van der Waals surface area (Å²) in [6.07, 6.45) is 11.3. The first-order valence-electron chi connectivity index (χ1n) is 10.2. The lowest BCUT2D eigenvalue weighted by Gasteiger charge is -2.28. The number of nitrogens with zero attached hydrogens (tertiary/aromatic N) is 1. The molecule has 1 rings (SSSR count). The van der Waals surface area contributed by atoms with Gasteiger partial charge >= 0.3 is 0 Å². The summed E-state index contributed by atoms with van der Waals surface area (Å²) in [6, 6.07) is 8.34. The van der Waals surface area contributed by atoms with E-state index < -0.39 is 10.0 Å². The second-order valence-corrected chi connectivity index (χ2v) is 9.10. The first kappa shape index (κ1) is 23.0. The molecule has 0 aliphatic carbocycles. The minimum atomic E-state index is -3.20. The molecule has 0 spiro atoms. The highest BCUT2D eigenvalue weighted by Crippen LogP contribution is 2.15. The third kappa shape index (κ3) is 10.2. The largest absolute Gasteiger partial charge is 0.301 e. The predicted octanol–water partition coefficient (Wildman–Crippen LogP) is 5.06. The zero-order valence-corrected chi connectivity index (χ0v) is 17.9. The smallest absolute Gasteiger partial charge is 0.229 e. The van der Waals surface area contributed by atoms with Gasteiger partial charge < -0.3 is 4.90 Å². The van der Waals surface area contributed by atoms with Gasteiger partial charge in [0.15, 0.2) is 0 Å². The highest BCUT2D eigenvalue weighted by molar-refractivity contribution is 7.92. The van der Waals surface area contributed by atoms with E-state index in [0.717, 1.165) is 19.4 Å². The Morgan fingerprint density at radius 3 is 2.23 bits per heavy atom. The second-order valence-electron chi connectivity index (χ2n) is 7.36. The first-order chi connectivity index (χ1) is 12.4. The van der Waals surface area contributed by atoms with Crippen LogP contribution in [0, 0.1) is 0 Å². The normalized spacial score (nSPS) is 13.1. The summed E-state index contributed by atoms with van der Waals surface area (Å²) in [5, 5.41) is 0. The van der Waals surface area contributed by atoms with Crippen molar-refractivity contribution in [2.75, 3.05) is 24.1 Å². The van der Waals surface area contributed by atoms with Gasteiger partial charge in [0.25, 0.3) is 0 Å². The third-order valence-electron chi connectivity index (χ3n) is 4.92. The lowest BCUT2D eigenvalue weighted by molar-refractivity contribution is 0.203. The van der Waals surface area contributed by atoms with Gasteiger partial charge in [0, 0.05) is 11.7 Å². The third-order valence-corrected chi connectivity index (χ3v) is 5.53. The van der Waals surface area contributed by atoms with Crippen molar-refractivity contribution in [2.45, 2.75) is 78.2 Å². The van der Waals surface area contributed by atoms with Gasteiger partial charge in [-0.1, -0.05) is 51.7 Å². The molecule has 1 N–H and O–H groups in total. The molecular formula is C21H38N2O2S. The van der Waals surface area contributed by atoms with Crippen molar-refractivity contribution in [3.05, 3.63) is 29.8 Å². The number of nitrogens with one attached hydrogen (secondary N) is 1. The molecule has 4 nitrogen and oxygen atoms in total. The van der Waals surface area contributed by atoms with E-state index in [0.29, 0.717) is 11.7 Å². The molecule has 1 atom stereocenters. The summed E-state index contributed by atoms with van der Waals surface area (Å²) >= 11 is 0. The molecule has 0 saturated heterocycles. The molecule has 0 heterocycles. The van der Waals surface area contributed by atoms with Gasteiger partial charge in [-0.05, 0) is 63.4 Å². The predicted molar refractivity (Wildman–Crippen MR) is 113 cm³/mol. The SMILES string of the molecule is CCCCCCCN(CC)C(C)CCCc1ccc(NS(C)(=O)=O)cc1. The average Bonchev–Trinajstić information content (AvgIpc) is 2.58. The van der Waals surface area contributed by atoms with Gasteiger partial charge in [0.1, 0.15) is 0 Å². The van der Waals surface area contributed by atoms with E-state index in [-0.39, 0.29) is 0 Å². The van der Waals surface area contributed by atoms with Crippen LogP contribution in [-0.4, -0.2) is 38.7 Å². The van der Waals surface area contributed by atoms with Crippen molar-refractivity contribution in [2.24, 2.45) is 0 Å². The first-order valence-corrected chi connectivity index (χ1v) is 12.1. The van der Waals surface area contributed by atoms with Crippen molar-refractivity contribution in [1.29, 1.82) is 0 Å². The fourth-order valence-electron chi connectivity index (χ4n) is 3.35. The Bertz CT molecular complexity index is 585. The van der Waals surface area contributed by atoms with E-state index in [1.165, 1.54) is 56.9 Å². The molecule has 0 aliphatic heterocycles. The molecular weight excluding hydrogens is 344 g/mol. The molecule has 0 bridgehead atoms. The highest BCUT2D eigenvalue weighted by atomic mass is 32.2. The van der Waals surface area contributed by atoms with E-state index in [4.69, 9.17) is 0 Å². The standard InChI is InChI=1S/C21H38N2O2S/c1-5-7-8-9-10-18-23(6-2)19(3)12-11-13-20-14-16-21(17-15-20)22-26(4,24)25/h14-17,19,22H,5-13,18H2,1-4H3. The number of benzene rings is 1. The lowest BCUT2D eigenvalue weighted by atomic mass is 10.0. The van der Waals surface area contributed by atoms with Gasteiger partial charge in [-0.25, -0.2) is 8.42 Å². The Labute approximate surface area is 161 Å². The fraction of sp³-hybridized carbons (Fsp3) is 0.714. The minimum Gasteiger partial charge on any atom is -0.301 e. The van der Waals surface area contributed by atoms with Crippen LogP contribution in [0.2, 0.25) is 0 Å². The Kier molecular flexibility index (Phi) is 10.9. The van der Waals surface area contributed by atoms with Crippen molar-refractivity contribution >= 4 is 15.7 Å². The molecule has 5 heteroatoms. The molecule has 0 aromatic heterocycles. The Morgan fingerprint density at radius 2 is 1.65 bits per heavy atom. The Balaban J connectivity index is 2.31. The topological polar surface area (TPSA) is 49.4 Å². The van der Waals surface area contributed by atoms with Crippen LogP contribution in [0.3, 0.4) is 0 Å². The maximum absolute atomic E-state index is 11.2. The average molecular weight is 383 g/mol. The molecule has 26 heavy (non-hydrogen) atoms. The van der Waals surface area contributed by atoms with Crippen molar-refractivity contribution < 1.29 is 8.42 Å². The van der Waals surface area contributed by atoms with Crippen LogP contribution in [-0.2, 0) is 16.4 Å². The van der Waals surface area contributed by atoms with Gasteiger partial charge in [0.05, 0.1) is 6.26 Å². The Morgan fingerprint density at radius 1 is 1.00 bits per heavy atom. The number of hydrogen-bond donors (Lipinski definition) is 1. The van der Waals surface area contributed by atoms with Gasteiger partial charge in [0.2, 0.25) is 10.0 Å². The molecule has 1 aromatic rings. The maximum Gasteiger partial charge on any atom is 0.229 e. The summed E-state index contributed by atoms with van der Waals surface area (Å²) in [6.45, 7) is 9.20. The number of anilines is 1. The van der Waals surface area contributed by atoms with Crippen LogP contribution in [0.5, 0.6) is 0 Å². The van der Waals surface area contributed by atoms with Crippen molar-refractivity contribution in [3.8, 4) is 0 Å². The van der Waals surface area contributed by atoms with E-state index in [9.17, 15) is 8.42 Å². The molecule has 0 amide bonds. The number of sulfonamides is 1. The van der Waals surface area contributed by atoms with E-state index in [2.05, 4.69) is 30.4 Å². The summed E-state index contributed by atoms with van der Waals surface area (Å²) < 4.78 is 25.0. The number of aryl methyl sites for hydroxylation is 1. The fourth-order valence-corrected chi connectivity index (χ4v) is 3.91. The summed E-state index contributed by atoms with van der Waals surface area (Å²) in [5.41, 5.74) is 1.89. The minimum absolute atomic E-state index is 0.623.